The number of carbonyl (C=O) groups is 1. The number of nitrogens with zero attached hydrogens (tertiary/aromatic N) is 4. The van der Waals surface area contributed by atoms with Crippen LogP contribution in [0.4, 0.5) is 0 Å². The van der Waals surface area contributed by atoms with Gasteiger partial charge in [-0.15, -0.1) is 5.10 Å². The zero-order valence-corrected chi connectivity index (χ0v) is 14.8. The minimum absolute atomic E-state index is 0.116. The Hall–Kier alpha value is -3.42. The number of methoxy groups -OCH3 is 1. The van der Waals surface area contributed by atoms with E-state index in [0.717, 1.165) is 29.2 Å². The lowest BCUT2D eigenvalue weighted by Crippen LogP contribution is -2.34. The number of hydrogen-bond donors (Lipinski definition) is 1. The number of amides is 1. The van der Waals surface area contributed by atoms with Crippen molar-refractivity contribution in [3.05, 3.63) is 59.9 Å². The summed E-state index contributed by atoms with van der Waals surface area (Å²) >= 11 is 0. The second kappa shape index (κ2) is 7.45. The van der Waals surface area contributed by atoms with E-state index in [-0.39, 0.29) is 11.8 Å². The minimum Gasteiger partial charge on any atom is -0.493 e. The highest BCUT2D eigenvalue weighted by Crippen LogP contribution is 2.35. The molecule has 8 heteroatoms. The van der Waals surface area contributed by atoms with E-state index in [9.17, 15) is 4.79 Å². The maximum absolute atomic E-state index is 12.4. The van der Waals surface area contributed by atoms with Crippen molar-refractivity contribution in [2.45, 2.75) is 6.42 Å². The summed E-state index contributed by atoms with van der Waals surface area (Å²) in [4.78, 5) is 12.4. The van der Waals surface area contributed by atoms with Gasteiger partial charge in [-0.2, -0.15) is 0 Å². The molecule has 0 saturated heterocycles. The Morgan fingerprint density at radius 2 is 2.15 bits per heavy atom. The van der Waals surface area contributed by atoms with Gasteiger partial charge in [-0.1, -0.05) is 12.1 Å². The van der Waals surface area contributed by atoms with Crippen LogP contribution in [0.25, 0.3) is 5.69 Å². The monoisotopic (exact) mass is 365 g/mol. The summed E-state index contributed by atoms with van der Waals surface area (Å²) in [6.45, 7) is 1.09. The van der Waals surface area contributed by atoms with E-state index in [1.165, 1.54) is 11.0 Å². The Bertz CT molecular complexity index is 925. The van der Waals surface area contributed by atoms with Crippen LogP contribution in [0.3, 0.4) is 0 Å². The van der Waals surface area contributed by atoms with E-state index in [1.807, 2.05) is 18.2 Å². The molecule has 1 amide bonds. The summed E-state index contributed by atoms with van der Waals surface area (Å²) < 4.78 is 12.7. The second-order valence-electron chi connectivity index (χ2n) is 6.34. The molecule has 0 fully saturated rings. The van der Waals surface area contributed by atoms with Crippen LogP contribution >= 0.6 is 0 Å². The molecule has 1 aliphatic heterocycles. The van der Waals surface area contributed by atoms with Gasteiger partial charge in [0.1, 0.15) is 6.33 Å². The van der Waals surface area contributed by atoms with Crippen LogP contribution in [-0.4, -0.2) is 46.4 Å². The molecule has 2 heterocycles. The third kappa shape index (κ3) is 3.59. The topological polar surface area (TPSA) is 91.2 Å². The van der Waals surface area contributed by atoms with Crippen LogP contribution in [0, 0.1) is 5.92 Å². The Balaban J connectivity index is 1.35. The number of ether oxygens (including phenoxy) is 2. The number of fused-ring (bicyclic) bond motifs is 1. The molecule has 8 nitrogen and oxygen atoms in total. The van der Waals surface area contributed by atoms with Gasteiger partial charge in [-0.3, -0.25) is 4.79 Å². The van der Waals surface area contributed by atoms with Crippen molar-refractivity contribution >= 4 is 5.91 Å². The fourth-order valence-electron chi connectivity index (χ4n) is 3.13. The molecular formula is C19H19N5O3. The summed E-state index contributed by atoms with van der Waals surface area (Å²) in [6, 6.07) is 13.0. The maximum atomic E-state index is 12.4. The summed E-state index contributed by atoms with van der Waals surface area (Å²) in [5.74, 6) is 1.65. The van der Waals surface area contributed by atoms with E-state index < -0.39 is 0 Å². The summed E-state index contributed by atoms with van der Waals surface area (Å²) in [7, 11) is 1.63. The van der Waals surface area contributed by atoms with Crippen LogP contribution in [-0.2, 0) is 6.42 Å². The van der Waals surface area contributed by atoms with Crippen molar-refractivity contribution in [1.82, 2.24) is 25.5 Å². The molecule has 1 aromatic heterocycles. The molecule has 1 atom stereocenters. The molecule has 3 aromatic rings. The first-order valence-electron chi connectivity index (χ1n) is 8.65. The van der Waals surface area contributed by atoms with Crippen molar-refractivity contribution in [1.29, 1.82) is 0 Å². The van der Waals surface area contributed by atoms with Crippen molar-refractivity contribution in [2.24, 2.45) is 5.92 Å². The highest BCUT2D eigenvalue weighted by atomic mass is 16.5. The van der Waals surface area contributed by atoms with Gasteiger partial charge in [0, 0.05) is 18.0 Å². The number of aromatic nitrogens is 4. The lowest BCUT2D eigenvalue weighted by molar-refractivity contribution is 0.0938. The van der Waals surface area contributed by atoms with E-state index in [2.05, 4.69) is 20.8 Å². The van der Waals surface area contributed by atoms with Gasteiger partial charge in [0.25, 0.3) is 5.91 Å². The average Bonchev–Trinajstić information content (AvgIpc) is 3.26. The molecule has 138 valence electrons. The van der Waals surface area contributed by atoms with E-state index in [1.54, 1.807) is 31.4 Å². The summed E-state index contributed by atoms with van der Waals surface area (Å²) in [5, 5.41) is 14.0. The van der Waals surface area contributed by atoms with Gasteiger partial charge in [0.05, 0.1) is 19.4 Å². The number of rotatable bonds is 5. The fraction of sp³-hybridized carbons (Fsp3) is 0.263. The highest BCUT2D eigenvalue weighted by molar-refractivity contribution is 5.94. The first-order valence-corrected chi connectivity index (χ1v) is 8.65. The van der Waals surface area contributed by atoms with E-state index in [0.29, 0.717) is 18.7 Å². The Morgan fingerprint density at radius 1 is 1.30 bits per heavy atom. The van der Waals surface area contributed by atoms with Gasteiger partial charge in [0.2, 0.25) is 0 Å². The lowest BCUT2D eigenvalue weighted by Gasteiger charge is -2.26. The Morgan fingerprint density at radius 3 is 2.89 bits per heavy atom. The van der Waals surface area contributed by atoms with Crippen LogP contribution < -0.4 is 14.8 Å². The molecule has 1 unspecified atom stereocenters. The standard InChI is InChI=1S/C19H19N5O3/c1-26-17-4-2-3-15-9-13(11-27-18(15)17)10-20-19(25)14-5-7-16(8-6-14)24-12-21-22-23-24/h2-8,12-13H,9-11H2,1H3,(H,20,25). The van der Waals surface area contributed by atoms with Gasteiger partial charge >= 0.3 is 0 Å². The van der Waals surface area contributed by atoms with Crippen molar-refractivity contribution in [3.63, 3.8) is 0 Å². The molecule has 4 rings (SSSR count). The number of benzene rings is 2. The average molecular weight is 365 g/mol. The number of carbonyl (C=O) groups excluding carboxylic acids is 1. The number of nitrogens with one attached hydrogen (secondary N) is 1. The number of tetrazole rings is 1. The summed E-state index contributed by atoms with van der Waals surface area (Å²) in [6.07, 6.45) is 2.34. The first-order chi connectivity index (χ1) is 13.2. The quantitative estimate of drug-likeness (QED) is 0.739. The van der Waals surface area contributed by atoms with Gasteiger partial charge in [-0.05, 0) is 52.7 Å². The smallest absolute Gasteiger partial charge is 0.251 e. The number of hydrogen-bond acceptors (Lipinski definition) is 6. The second-order valence-corrected chi connectivity index (χ2v) is 6.34. The fourth-order valence-corrected chi connectivity index (χ4v) is 3.13. The molecule has 0 spiro atoms. The zero-order valence-electron chi connectivity index (χ0n) is 14.8. The number of para-hydroxylation sites is 1. The SMILES string of the molecule is COc1cccc2c1OCC(CNC(=O)c1ccc(-n3cnnn3)cc1)C2. The molecule has 0 bridgehead atoms. The zero-order chi connectivity index (χ0) is 18.6. The minimum atomic E-state index is -0.116. The van der Waals surface area contributed by atoms with Crippen molar-refractivity contribution < 1.29 is 14.3 Å². The molecule has 0 aliphatic carbocycles. The Labute approximate surface area is 156 Å². The van der Waals surface area contributed by atoms with Crippen LogP contribution in [0.15, 0.2) is 48.8 Å². The highest BCUT2D eigenvalue weighted by Gasteiger charge is 2.23. The van der Waals surface area contributed by atoms with Crippen molar-refractivity contribution in [2.75, 3.05) is 20.3 Å². The lowest BCUT2D eigenvalue weighted by atomic mass is 9.96. The Kier molecular flexibility index (Phi) is 4.69. The third-order valence-corrected chi connectivity index (χ3v) is 4.55. The normalized spacial score (nSPS) is 15.5. The molecular weight excluding hydrogens is 346 g/mol. The van der Waals surface area contributed by atoms with Crippen molar-refractivity contribution in [3.8, 4) is 17.2 Å². The predicted molar refractivity (Wildman–Crippen MR) is 97.2 cm³/mol. The maximum Gasteiger partial charge on any atom is 0.251 e. The molecule has 0 radical (unpaired) electrons. The van der Waals surface area contributed by atoms with Gasteiger partial charge < -0.3 is 14.8 Å². The molecule has 0 saturated carbocycles. The molecule has 27 heavy (non-hydrogen) atoms. The van der Waals surface area contributed by atoms with E-state index >= 15 is 0 Å². The molecule has 1 N–H and O–H groups in total. The predicted octanol–water partition coefficient (Wildman–Crippen LogP) is 1.65. The molecule has 2 aromatic carbocycles. The largest absolute Gasteiger partial charge is 0.493 e. The third-order valence-electron chi connectivity index (χ3n) is 4.55. The summed E-state index contributed by atoms with van der Waals surface area (Å²) in [5.41, 5.74) is 2.49. The van der Waals surface area contributed by atoms with Gasteiger partial charge in [0.15, 0.2) is 11.5 Å². The molecule has 1 aliphatic rings. The van der Waals surface area contributed by atoms with Crippen LogP contribution in [0.2, 0.25) is 0 Å². The van der Waals surface area contributed by atoms with Crippen LogP contribution in [0.5, 0.6) is 11.5 Å². The van der Waals surface area contributed by atoms with Crippen LogP contribution in [0.1, 0.15) is 15.9 Å². The van der Waals surface area contributed by atoms with Gasteiger partial charge in [-0.25, -0.2) is 4.68 Å². The first kappa shape index (κ1) is 17.0. The van der Waals surface area contributed by atoms with E-state index in [4.69, 9.17) is 9.47 Å².